The van der Waals surface area contributed by atoms with Gasteiger partial charge in [-0.3, -0.25) is 4.99 Å². The van der Waals surface area contributed by atoms with Gasteiger partial charge in [0.15, 0.2) is 0 Å². The molecule has 0 aromatic heterocycles. The first-order chi connectivity index (χ1) is 18.7. The van der Waals surface area contributed by atoms with Crippen LogP contribution in [0.2, 0.25) is 0 Å². The minimum Gasteiger partial charge on any atom is -0.253 e. The van der Waals surface area contributed by atoms with Gasteiger partial charge in [-0.2, -0.15) is 0 Å². The van der Waals surface area contributed by atoms with Gasteiger partial charge in [-0.15, -0.1) is 12.8 Å². The second-order valence-electron chi connectivity index (χ2n) is 8.60. The summed E-state index contributed by atoms with van der Waals surface area (Å²) in [5, 5.41) is 0. The Bertz CT molecular complexity index is 1280. The third-order valence-electron chi connectivity index (χ3n) is 5.98. The Balaban J connectivity index is 0.00000247. The van der Waals surface area contributed by atoms with E-state index in [0.717, 1.165) is 41.8 Å². The first kappa shape index (κ1) is 29.8. The molecule has 0 saturated carbocycles. The summed E-state index contributed by atoms with van der Waals surface area (Å²) < 4.78 is 0. The molecule has 1 heteroatoms. The van der Waals surface area contributed by atoms with Crippen molar-refractivity contribution in [1.29, 1.82) is 0 Å². The lowest BCUT2D eigenvalue weighted by Crippen LogP contribution is -1.97. The summed E-state index contributed by atoms with van der Waals surface area (Å²) in [5.41, 5.74) is 8.14. The number of rotatable bonds is 11. The zero-order chi connectivity index (χ0) is 27.4. The Labute approximate surface area is 230 Å². The van der Waals surface area contributed by atoms with Gasteiger partial charge in [-0.25, -0.2) is 0 Å². The summed E-state index contributed by atoms with van der Waals surface area (Å²) in [6.07, 6.45) is 28.0. The molecule has 0 bridgehead atoms. The molecule has 0 unspecified atom stereocenters. The summed E-state index contributed by atoms with van der Waals surface area (Å²) in [7, 11) is 0. The van der Waals surface area contributed by atoms with Crippen LogP contribution in [0.3, 0.4) is 0 Å². The molecule has 3 rings (SSSR count). The molecule has 1 nitrogen and oxygen atoms in total. The van der Waals surface area contributed by atoms with Crippen LogP contribution in [0, 0.1) is 12.8 Å². The fourth-order valence-corrected chi connectivity index (χ4v) is 3.88. The summed E-state index contributed by atoms with van der Waals surface area (Å²) >= 11 is 0. The van der Waals surface area contributed by atoms with E-state index in [1.54, 1.807) is 0 Å². The van der Waals surface area contributed by atoms with Gasteiger partial charge < -0.3 is 0 Å². The van der Waals surface area contributed by atoms with Crippen molar-refractivity contribution in [3.63, 3.8) is 0 Å². The second kappa shape index (κ2) is 17.9. The van der Waals surface area contributed by atoms with E-state index < -0.39 is 0 Å². The highest BCUT2D eigenvalue weighted by Gasteiger charge is 2.05. The Morgan fingerprint density at radius 3 is 1.95 bits per heavy atom. The maximum atomic E-state index is 5.06. The number of allylic oxidation sites excluding steroid dienone is 9. The molecule has 0 spiro atoms. The van der Waals surface area contributed by atoms with Gasteiger partial charge >= 0.3 is 0 Å². The number of hydrogen-bond donors (Lipinski definition) is 0. The molecule has 0 N–H and O–H groups in total. The fourth-order valence-electron chi connectivity index (χ4n) is 3.88. The molecule has 0 aliphatic carbocycles. The molecule has 38 heavy (non-hydrogen) atoms. The van der Waals surface area contributed by atoms with Crippen LogP contribution in [0.1, 0.15) is 55.9 Å². The average Bonchev–Trinajstić information content (AvgIpc) is 2.99. The molecular weight excluding hydrogens is 458 g/mol. The van der Waals surface area contributed by atoms with Crippen LogP contribution in [-0.2, 0) is 6.42 Å². The summed E-state index contributed by atoms with van der Waals surface area (Å²) in [5.74, 6) is 0. The van der Waals surface area contributed by atoms with Crippen LogP contribution >= 0.6 is 0 Å². The number of nitrogens with zero attached hydrogens (tertiary/aromatic N) is 1. The lowest BCUT2D eigenvalue weighted by Gasteiger charge is -2.09. The molecule has 192 valence electrons. The summed E-state index contributed by atoms with van der Waals surface area (Å²) in [6.45, 7) is 6.24. The topological polar surface area (TPSA) is 12.4 Å². The van der Waals surface area contributed by atoms with Crippen molar-refractivity contribution in [3.8, 4) is 12.8 Å². The Morgan fingerprint density at radius 1 is 0.711 bits per heavy atom. The highest BCUT2D eigenvalue weighted by Crippen LogP contribution is 2.22. The van der Waals surface area contributed by atoms with Crippen LogP contribution in [0.5, 0.6) is 0 Å². The zero-order valence-electron chi connectivity index (χ0n) is 22.9. The summed E-state index contributed by atoms with van der Waals surface area (Å²) in [6, 6.07) is 29.7. The van der Waals surface area contributed by atoms with Gasteiger partial charge in [0.05, 0.1) is 5.70 Å². The predicted molar refractivity (Wildman–Crippen MR) is 169 cm³/mol. The molecule has 3 aromatic rings. The zero-order valence-corrected chi connectivity index (χ0v) is 22.9. The summed E-state index contributed by atoms with van der Waals surface area (Å²) in [4.78, 5) is 5.06. The molecule has 0 aliphatic rings. The smallest absolute Gasteiger partial charge is 0.0668 e. The SMILES string of the molecule is C#C.C/C=C\C/C=C\C=C/C/C(=C/C)c1ccc(C(C)=N/C(=C\Cc2ccccc2)c2ccccc2)cc1. The van der Waals surface area contributed by atoms with Gasteiger partial charge in [-0.05, 0) is 67.9 Å². The van der Waals surface area contributed by atoms with Crippen molar-refractivity contribution in [2.75, 3.05) is 0 Å². The molecule has 3 aromatic carbocycles. The molecule has 0 amide bonds. The number of terminal acetylenes is 1. The van der Waals surface area contributed by atoms with Gasteiger partial charge in [0.1, 0.15) is 0 Å². The van der Waals surface area contributed by atoms with Crippen molar-refractivity contribution in [2.24, 2.45) is 4.99 Å². The molecule has 0 atom stereocenters. The van der Waals surface area contributed by atoms with Gasteiger partial charge in [0.2, 0.25) is 0 Å². The van der Waals surface area contributed by atoms with Gasteiger partial charge in [0.25, 0.3) is 0 Å². The molecule has 0 saturated heterocycles. The van der Waals surface area contributed by atoms with E-state index >= 15 is 0 Å². The monoisotopic (exact) mass is 497 g/mol. The molecule has 0 radical (unpaired) electrons. The van der Waals surface area contributed by atoms with Crippen LogP contribution in [0.15, 0.2) is 139 Å². The van der Waals surface area contributed by atoms with Crippen LogP contribution in [-0.4, -0.2) is 5.71 Å². The average molecular weight is 498 g/mol. The van der Waals surface area contributed by atoms with Crippen molar-refractivity contribution in [1.82, 2.24) is 0 Å². The minimum atomic E-state index is 0.851. The molecule has 0 heterocycles. The van der Waals surface area contributed by atoms with E-state index in [-0.39, 0.29) is 0 Å². The normalized spacial score (nSPS) is 12.7. The van der Waals surface area contributed by atoms with Crippen molar-refractivity contribution in [3.05, 3.63) is 156 Å². The Hall–Kier alpha value is -4.41. The van der Waals surface area contributed by atoms with E-state index in [1.807, 2.05) is 13.0 Å². The van der Waals surface area contributed by atoms with E-state index in [4.69, 9.17) is 4.99 Å². The third kappa shape index (κ3) is 10.3. The molecule has 0 aliphatic heterocycles. The number of aliphatic imine (C=N–C) groups is 1. The fraction of sp³-hybridized carbons (Fsp3) is 0.162. The highest BCUT2D eigenvalue weighted by atomic mass is 14.8. The number of hydrogen-bond acceptors (Lipinski definition) is 1. The van der Waals surface area contributed by atoms with Crippen molar-refractivity contribution >= 4 is 17.0 Å². The maximum Gasteiger partial charge on any atom is 0.0668 e. The first-order valence-corrected chi connectivity index (χ1v) is 13.1. The maximum absolute atomic E-state index is 5.06. The van der Waals surface area contributed by atoms with E-state index in [1.165, 1.54) is 16.7 Å². The molecular formula is C37H39N. The third-order valence-corrected chi connectivity index (χ3v) is 5.98. The lowest BCUT2D eigenvalue weighted by molar-refractivity contribution is 1.26. The lowest BCUT2D eigenvalue weighted by atomic mass is 9.99. The van der Waals surface area contributed by atoms with Crippen molar-refractivity contribution in [2.45, 2.75) is 40.0 Å². The Morgan fingerprint density at radius 2 is 1.32 bits per heavy atom. The minimum absolute atomic E-state index is 0.851. The second-order valence-corrected chi connectivity index (χ2v) is 8.60. The number of benzene rings is 3. The quantitative estimate of drug-likeness (QED) is 0.108. The van der Waals surface area contributed by atoms with E-state index in [2.05, 4.69) is 154 Å². The van der Waals surface area contributed by atoms with Gasteiger partial charge in [-0.1, -0.05) is 134 Å². The Kier molecular flexibility index (Phi) is 14.1. The highest BCUT2D eigenvalue weighted by molar-refractivity contribution is 6.02. The first-order valence-electron chi connectivity index (χ1n) is 13.1. The van der Waals surface area contributed by atoms with Crippen molar-refractivity contribution < 1.29 is 0 Å². The van der Waals surface area contributed by atoms with E-state index in [9.17, 15) is 0 Å². The standard InChI is InChI=1S/C35H37N.C2H2/c1-4-6-7-8-9-10-15-20-31(5-2)33-26-24-32(25-27-33)29(3)36-35(34-21-16-12-17-22-34)28-23-30-18-13-11-14-19-30;1-2/h4-6,8-19,21-22,24-28H,7,20,23H2,1-3H3;1-2H/b6-4-,9-8-,15-10-,31-5-,35-28-,36-29?;. The van der Waals surface area contributed by atoms with Crippen LogP contribution < -0.4 is 0 Å². The largest absolute Gasteiger partial charge is 0.253 e. The van der Waals surface area contributed by atoms with Crippen LogP contribution in [0.25, 0.3) is 11.3 Å². The van der Waals surface area contributed by atoms with E-state index in [0.29, 0.717) is 0 Å². The van der Waals surface area contributed by atoms with Crippen LogP contribution in [0.4, 0.5) is 0 Å². The van der Waals surface area contributed by atoms with Gasteiger partial charge in [0, 0.05) is 5.71 Å². The predicted octanol–water partition coefficient (Wildman–Crippen LogP) is 9.90. The molecule has 0 fully saturated rings.